The second-order valence-corrected chi connectivity index (χ2v) is 3.08. The summed E-state index contributed by atoms with van der Waals surface area (Å²) in [6.45, 7) is 6.59. The maximum Gasteiger partial charge on any atom is 0.255 e. The quantitative estimate of drug-likeness (QED) is 0.737. The van der Waals surface area contributed by atoms with E-state index in [0.29, 0.717) is 17.9 Å². The van der Waals surface area contributed by atoms with E-state index in [4.69, 9.17) is 0 Å². The van der Waals surface area contributed by atoms with Crippen LogP contribution < -0.4 is 10.6 Å². The number of aryl methyl sites for hydroxylation is 1. The number of aromatic nitrogens is 1. The Hall–Kier alpha value is -1.58. The van der Waals surface area contributed by atoms with E-state index in [-0.39, 0.29) is 5.91 Å². The van der Waals surface area contributed by atoms with Crippen LogP contribution in [-0.4, -0.2) is 17.9 Å². The minimum atomic E-state index is -0.0319. The monoisotopic (exact) mass is 207 g/mol. The molecule has 0 atom stereocenters. The molecule has 4 nitrogen and oxygen atoms in total. The van der Waals surface area contributed by atoms with Gasteiger partial charge in [-0.2, -0.15) is 0 Å². The van der Waals surface area contributed by atoms with E-state index >= 15 is 0 Å². The molecule has 1 aromatic heterocycles. The van der Waals surface area contributed by atoms with E-state index in [9.17, 15) is 4.79 Å². The van der Waals surface area contributed by atoms with Crippen LogP contribution in [0.3, 0.4) is 0 Å². The van der Waals surface area contributed by atoms with Crippen LogP contribution in [0.1, 0.15) is 35.3 Å². The minimum absolute atomic E-state index is 0.0319. The van der Waals surface area contributed by atoms with E-state index in [2.05, 4.69) is 15.6 Å². The van der Waals surface area contributed by atoms with Crippen molar-refractivity contribution in [1.82, 2.24) is 10.3 Å². The van der Waals surface area contributed by atoms with Gasteiger partial charge >= 0.3 is 0 Å². The molecule has 0 fully saturated rings. The van der Waals surface area contributed by atoms with Crippen LogP contribution in [0.2, 0.25) is 0 Å². The standard InChI is InChI=1S/C9H11N3O.C2H6/c1-5-3-11-8(10-2)7-6(5)4-12-9(7)13;1-2/h3H,4H2,1-2H3,(H,10,11)(H,12,13);1-2H3. The van der Waals surface area contributed by atoms with Gasteiger partial charge in [-0.15, -0.1) is 0 Å². The van der Waals surface area contributed by atoms with Gasteiger partial charge in [-0.05, 0) is 18.1 Å². The Labute approximate surface area is 90.1 Å². The molecule has 2 heterocycles. The molecule has 15 heavy (non-hydrogen) atoms. The van der Waals surface area contributed by atoms with Gasteiger partial charge in [-0.1, -0.05) is 13.8 Å². The van der Waals surface area contributed by atoms with E-state index in [1.165, 1.54) is 0 Å². The minimum Gasteiger partial charge on any atom is -0.372 e. The summed E-state index contributed by atoms with van der Waals surface area (Å²) < 4.78 is 0. The Morgan fingerprint density at radius 1 is 1.47 bits per heavy atom. The fraction of sp³-hybridized carbons (Fsp3) is 0.455. The topological polar surface area (TPSA) is 54.0 Å². The Kier molecular flexibility index (Phi) is 3.66. The van der Waals surface area contributed by atoms with Crippen LogP contribution in [0.5, 0.6) is 0 Å². The molecule has 0 aliphatic carbocycles. The van der Waals surface area contributed by atoms with Crippen molar-refractivity contribution in [2.45, 2.75) is 27.3 Å². The van der Waals surface area contributed by atoms with Crippen molar-refractivity contribution in [2.24, 2.45) is 0 Å². The maximum atomic E-state index is 11.4. The summed E-state index contributed by atoms with van der Waals surface area (Å²) in [5.41, 5.74) is 2.82. The number of rotatable bonds is 1. The Balaban J connectivity index is 0.000000531. The van der Waals surface area contributed by atoms with Gasteiger partial charge in [0.15, 0.2) is 0 Å². The summed E-state index contributed by atoms with van der Waals surface area (Å²) in [5, 5.41) is 5.69. The fourth-order valence-electron chi connectivity index (χ4n) is 1.56. The molecule has 1 amide bonds. The lowest BCUT2D eigenvalue weighted by atomic mass is 10.1. The first-order chi connectivity index (χ1) is 7.24. The van der Waals surface area contributed by atoms with E-state index in [1.807, 2.05) is 20.8 Å². The summed E-state index contributed by atoms with van der Waals surface area (Å²) in [6.07, 6.45) is 1.78. The lowest BCUT2D eigenvalue weighted by molar-refractivity contribution is 0.0966. The summed E-state index contributed by atoms with van der Waals surface area (Å²) in [4.78, 5) is 15.6. The van der Waals surface area contributed by atoms with Gasteiger partial charge in [0, 0.05) is 19.8 Å². The number of anilines is 1. The molecule has 2 N–H and O–H groups in total. The van der Waals surface area contributed by atoms with Gasteiger partial charge in [-0.3, -0.25) is 4.79 Å². The van der Waals surface area contributed by atoms with Gasteiger partial charge in [0.25, 0.3) is 5.91 Å². The van der Waals surface area contributed by atoms with Gasteiger partial charge < -0.3 is 10.6 Å². The molecular formula is C11H17N3O. The molecule has 0 saturated heterocycles. The highest BCUT2D eigenvalue weighted by Gasteiger charge is 2.24. The van der Waals surface area contributed by atoms with Crippen LogP contribution >= 0.6 is 0 Å². The van der Waals surface area contributed by atoms with Crippen LogP contribution in [0.15, 0.2) is 6.20 Å². The molecule has 0 spiro atoms. The molecule has 0 unspecified atom stereocenters. The first-order valence-electron chi connectivity index (χ1n) is 5.18. The molecule has 1 aliphatic rings. The third-order valence-electron chi connectivity index (χ3n) is 2.29. The molecule has 0 aromatic carbocycles. The van der Waals surface area contributed by atoms with E-state index in [1.54, 1.807) is 13.2 Å². The van der Waals surface area contributed by atoms with Crippen molar-refractivity contribution in [3.8, 4) is 0 Å². The zero-order chi connectivity index (χ0) is 11.4. The van der Waals surface area contributed by atoms with Crippen LogP contribution in [0, 0.1) is 6.92 Å². The van der Waals surface area contributed by atoms with E-state index in [0.717, 1.165) is 11.1 Å². The zero-order valence-corrected chi connectivity index (χ0v) is 9.64. The Morgan fingerprint density at radius 2 is 2.13 bits per heavy atom. The Morgan fingerprint density at radius 3 is 2.73 bits per heavy atom. The third-order valence-corrected chi connectivity index (χ3v) is 2.29. The molecule has 2 rings (SSSR count). The zero-order valence-electron chi connectivity index (χ0n) is 9.64. The van der Waals surface area contributed by atoms with Crippen molar-refractivity contribution < 1.29 is 4.79 Å². The number of nitrogens with one attached hydrogen (secondary N) is 2. The van der Waals surface area contributed by atoms with Crippen molar-refractivity contribution >= 4 is 11.7 Å². The number of carbonyl (C=O) groups excluding carboxylic acids is 1. The second kappa shape index (κ2) is 4.77. The number of fused-ring (bicyclic) bond motifs is 1. The summed E-state index contributed by atoms with van der Waals surface area (Å²) in [6, 6.07) is 0. The van der Waals surface area contributed by atoms with Crippen LogP contribution in [0.25, 0.3) is 0 Å². The highest BCUT2D eigenvalue weighted by molar-refractivity contribution is 6.02. The average Bonchev–Trinajstić information content (AvgIpc) is 2.66. The molecule has 0 saturated carbocycles. The number of hydrogen-bond acceptors (Lipinski definition) is 3. The largest absolute Gasteiger partial charge is 0.372 e. The molecule has 1 aliphatic heterocycles. The number of nitrogens with zero attached hydrogens (tertiary/aromatic N) is 1. The molecule has 82 valence electrons. The maximum absolute atomic E-state index is 11.4. The van der Waals surface area contributed by atoms with Crippen molar-refractivity contribution in [3.05, 3.63) is 22.9 Å². The normalized spacial score (nSPS) is 12.4. The van der Waals surface area contributed by atoms with Crippen molar-refractivity contribution in [2.75, 3.05) is 12.4 Å². The summed E-state index contributed by atoms with van der Waals surface area (Å²) in [7, 11) is 1.77. The van der Waals surface area contributed by atoms with Crippen LogP contribution in [-0.2, 0) is 6.54 Å². The number of carbonyl (C=O) groups is 1. The van der Waals surface area contributed by atoms with Crippen molar-refractivity contribution in [3.63, 3.8) is 0 Å². The lowest BCUT2D eigenvalue weighted by Gasteiger charge is -2.05. The molecule has 0 bridgehead atoms. The smallest absolute Gasteiger partial charge is 0.255 e. The van der Waals surface area contributed by atoms with Gasteiger partial charge in [-0.25, -0.2) is 4.98 Å². The molecule has 1 aromatic rings. The molecular weight excluding hydrogens is 190 g/mol. The van der Waals surface area contributed by atoms with Crippen molar-refractivity contribution in [1.29, 1.82) is 0 Å². The average molecular weight is 207 g/mol. The van der Waals surface area contributed by atoms with Gasteiger partial charge in [0.1, 0.15) is 5.82 Å². The van der Waals surface area contributed by atoms with E-state index < -0.39 is 0 Å². The molecule has 0 radical (unpaired) electrons. The SMILES string of the molecule is CC.CNc1ncc(C)c2c1C(=O)NC2. The lowest BCUT2D eigenvalue weighted by Crippen LogP contribution is -2.13. The first kappa shape index (κ1) is 11.5. The highest BCUT2D eigenvalue weighted by Crippen LogP contribution is 2.24. The third kappa shape index (κ3) is 1.93. The van der Waals surface area contributed by atoms with Gasteiger partial charge in [0.05, 0.1) is 5.56 Å². The number of amides is 1. The Bertz CT molecular complexity index is 374. The predicted octanol–water partition coefficient (Wildman–Crippen LogP) is 1.70. The summed E-state index contributed by atoms with van der Waals surface area (Å²) in [5.74, 6) is 0.631. The number of pyridine rings is 1. The predicted molar refractivity (Wildman–Crippen MR) is 61.0 cm³/mol. The van der Waals surface area contributed by atoms with Crippen LogP contribution in [0.4, 0.5) is 5.82 Å². The fourth-order valence-corrected chi connectivity index (χ4v) is 1.56. The first-order valence-corrected chi connectivity index (χ1v) is 5.18. The highest BCUT2D eigenvalue weighted by atomic mass is 16.1. The second-order valence-electron chi connectivity index (χ2n) is 3.08. The summed E-state index contributed by atoms with van der Waals surface area (Å²) >= 11 is 0. The number of hydrogen-bond donors (Lipinski definition) is 2. The van der Waals surface area contributed by atoms with Gasteiger partial charge in [0.2, 0.25) is 0 Å². The molecule has 4 heteroatoms.